The molecular weight excluding hydrogens is 891 g/mol. The minimum absolute atomic E-state index is 0. The van der Waals surface area contributed by atoms with E-state index in [9.17, 15) is 4.79 Å². The summed E-state index contributed by atoms with van der Waals surface area (Å²) in [6.07, 6.45) is 5.65. The molecule has 1 amide bonds. The first-order valence-electron chi connectivity index (χ1n) is 12.6. The van der Waals surface area contributed by atoms with Gasteiger partial charge in [-0.2, -0.15) is 0 Å². The van der Waals surface area contributed by atoms with E-state index < -0.39 is 0 Å². The first-order chi connectivity index (χ1) is 17.7. The standard InChI is InChI=1S/C31H27ClN2OS.Tm.U/c32-29-25-14-5-7-16-28(25)36-30(29)31(35)34(24-12-2-1-3-13-24)20-21-9-8-11-23(19-21)27-18-17-22-10-4-6-15-26(22)33-27;;/h4-11,14-19,24H,1-3,12-13,20H2;;. The van der Waals surface area contributed by atoms with Gasteiger partial charge in [0, 0.05) is 102 Å². The molecule has 0 unspecified atom stereocenters. The van der Waals surface area contributed by atoms with Crippen LogP contribution in [-0.2, 0) is 6.54 Å². The van der Waals surface area contributed by atoms with Crippen molar-refractivity contribution in [3.05, 3.63) is 100 Å². The molecule has 0 N–H and O–H groups in total. The molecule has 1 saturated carbocycles. The normalized spacial score (nSPS) is 13.6. The zero-order valence-electron chi connectivity index (χ0n) is 20.8. The number of pyridine rings is 1. The van der Waals surface area contributed by atoms with E-state index in [1.807, 2.05) is 42.5 Å². The summed E-state index contributed by atoms with van der Waals surface area (Å²) in [4.78, 5) is 21.6. The number of fused-ring (bicyclic) bond motifs is 2. The van der Waals surface area contributed by atoms with Gasteiger partial charge in [-0.15, -0.1) is 11.3 Å². The monoisotopic (exact) mass is 917 g/mol. The van der Waals surface area contributed by atoms with Crippen LogP contribution in [0.2, 0.25) is 5.02 Å². The summed E-state index contributed by atoms with van der Waals surface area (Å²) in [5.41, 5.74) is 4.10. The molecule has 0 atom stereocenters. The van der Waals surface area contributed by atoms with Crippen molar-refractivity contribution in [1.29, 1.82) is 0 Å². The number of carbonyl (C=O) groups excluding carboxylic acids is 1. The minimum atomic E-state index is 0. The number of hydrogen-bond donors (Lipinski definition) is 0. The van der Waals surface area contributed by atoms with Crippen molar-refractivity contribution in [2.75, 3.05) is 0 Å². The molecule has 1 fully saturated rings. The fourth-order valence-corrected chi connectivity index (χ4v) is 6.76. The third-order valence-electron chi connectivity index (χ3n) is 7.18. The minimum Gasteiger partial charge on any atom is -0.331 e. The Kier molecular flexibility index (Phi) is 10.8. The number of rotatable bonds is 5. The number of halogens is 1. The number of para-hydroxylation sites is 1. The molecule has 38 heavy (non-hydrogen) atoms. The van der Waals surface area contributed by atoms with Crippen molar-refractivity contribution >= 4 is 49.8 Å². The van der Waals surface area contributed by atoms with Gasteiger partial charge in [-0.25, -0.2) is 4.98 Å². The van der Waals surface area contributed by atoms with Crippen LogP contribution in [0.15, 0.2) is 84.9 Å². The van der Waals surface area contributed by atoms with Crippen LogP contribution in [-0.4, -0.2) is 21.8 Å². The van der Waals surface area contributed by atoms with Crippen molar-refractivity contribution in [2.45, 2.75) is 44.7 Å². The number of benzene rings is 3. The fourth-order valence-electron chi connectivity index (χ4n) is 5.29. The number of hydrogen-bond acceptors (Lipinski definition) is 3. The van der Waals surface area contributed by atoms with E-state index in [0.717, 1.165) is 63.5 Å². The average molecular weight is 918 g/mol. The zero-order valence-corrected chi connectivity index (χ0v) is 28.3. The zero-order chi connectivity index (χ0) is 24.5. The molecule has 6 rings (SSSR count). The van der Waals surface area contributed by atoms with E-state index in [1.165, 1.54) is 17.8 Å². The number of aromatic nitrogens is 1. The quantitative estimate of drug-likeness (QED) is 0.177. The summed E-state index contributed by atoms with van der Waals surface area (Å²) < 4.78 is 1.05. The molecule has 3 aromatic carbocycles. The second kappa shape index (κ2) is 13.6. The number of amides is 1. The molecule has 0 spiro atoms. The molecule has 0 aliphatic heterocycles. The van der Waals surface area contributed by atoms with E-state index in [1.54, 1.807) is 0 Å². The van der Waals surface area contributed by atoms with E-state index >= 15 is 0 Å². The van der Waals surface area contributed by atoms with E-state index in [2.05, 4.69) is 47.4 Å². The molecule has 197 valence electrons. The molecule has 0 saturated heterocycles. The molecule has 1 aliphatic carbocycles. The Hall–Kier alpha value is -0.924. The van der Waals surface area contributed by atoms with Gasteiger partial charge in [0.25, 0.3) is 5.91 Å². The van der Waals surface area contributed by atoms with Gasteiger partial charge in [-0.1, -0.05) is 91.5 Å². The van der Waals surface area contributed by atoms with Crippen LogP contribution in [0.5, 0.6) is 0 Å². The Bertz CT molecular complexity index is 1570. The Morgan fingerprint density at radius 2 is 1.68 bits per heavy atom. The molecule has 5 aromatic rings. The second-order valence-electron chi connectivity index (χ2n) is 9.56. The Morgan fingerprint density at radius 3 is 2.50 bits per heavy atom. The fraction of sp³-hybridized carbons (Fsp3) is 0.226. The number of carbonyl (C=O) groups is 1. The molecular formula is C31H27ClN2OSTmU. The molecule has 0 bridgehead atoms. The smallest absolute Gasteiger partial charge is 0.266 e. The van der Waals surface area contributed by atoms with Crippen LogP contribution in [0, 0.1) is 68.0 Å². The van der Waals surface area contributed by atoms with Crippen molar-refractivity contribution < 1.29 is 72.8 Å². The Morgan fingerprint density at radius 1 is 0.921 bits per heavy atom. The third kappa shape index (κ3) is 6.35. The Balaban J connectivity index is 0.00000168. The van der Waals surface area contributed by atoms with Crippen molar-refractivity contribution in [3.63, 3.8) is 0 Å². The van der Waals surface area contributed by atoms with Crippen molar-refractivity contribution in [3.8, 4) is 11.3 Å². The maximum atomic E-state index is 14.0. The number of thiophene rings is 1. The van der Waals surface area contributed by atoms with Crippen LogP contribution >= 0.6 is 22.9 Å². The summed E-state index contributed by atoms with van der Waals surface area (Å²) in [7, 11) is 0. The predicted octanol–water partition coefficient (Wildman–Crippen LogP) is 8.75. The van der Waals surface area contributed by atoms with Gasteiger partial charge in [-0.3, -0.25) is 4.79 Å². The summed E-state index contributed by atoms with van der Waals surface area (Å²) >= 11 is 8.25. The van der Waals surface area contributed by atoms with Crippen LogP contribution in [0.25, 0.3) is 32.2 Å². The summed E-state index contributed by atoms with van der Waals surface area (Å²) in [6, 6.07) is 29.0. The summed E-state index contributed by atoms with van der Waals surface area (Å²) in [6.45, 7) is 0.565. The molecule has 2 heterocycles. The van der Waals surface area contributed by atoms with Gasteiger partial charge in [0.2, 0.25) is 0 Å². The first kappa shape index (κ1) is 30.0. The molecule has 1 aliphatic rings. The van der Waals surface area contributed by atoms with Crippen LogP contribution in [0.3, 0.4) is 0 Å². The molecule has 7 heteroatoms. The van der Waals surface area contributed by atoms with Gasteiger partial charge >= 0.3 is 0 Å². The SMILES string of the molecule is O=C(c1sc2ccccc2c1Cl)N(Cc1cccc(-c2ccc3ccccc3n2)c1)C1CCCCC1.[Tm].[U]. The van der Waals surface area contributed by atoms with Crippen molar-refractivity contribution in [2.24, 2.45) is 0 Å². The average Bonchev–Trinajstić information content (AvgIpc) is 3.28. The second-order valence-corrected chi connectivity index (χ2v) is 11.0. The largest absolute Gasteiger partial charge is 0.331 e. The molecule has 3 nitrogen and oxygen atoms in total. The van der Waals surface area contributed by atoms with E-state index in [-0.39, 0.29) is 79.9 Å². The van der Waals surface area contributed by atoms with Crippen molar-refractivity contribution in [1.82, 2.24) is 9.88 Å². The molecule has 2 aromatic heterocycles. The first-order valence-corrected chi connectivity index (χ1v) is 13.8. The number of nitrogens with zero attached hydrogens (tertiary/aromatic N) is 2. The van der Waals surface area contributed by atoms with E-state index in [0.29, 0.717) is 16.4 Å². The molecule has 1 radical (unpaired) electrons. The van der Waals surface area contributed by atoms with Gasteiger partial charge in [0.1, 0.15) is 4.88 Å². The van der Waals surface area contributed by atoms with Gasteiger partial charge in [-0.05, 0) is 42.7 Å². The van der Waals surface area contributed by atoms with Crippen LogP contribution in [0.1, 0.15) is 47.3 Å². The van der Waals surface area contributed by atoms with E-state index in [4.69, 9.17) is 16.6 Å². The maximum Gasteiger partial charge on any atom is 0.266 e. The summed E-state index contributed by atoms with van der Waals surface area (Å²) in [5.74, 6) is 0.0438. The third-order valence-corrected chi connectivity index (χ3v) is 8.84. The predicted molar refractivity (Wildman–Crippen MR) is 151 cm³/mol. The van der Waals surface area contributed by atoms with Crippen LogP contribution < -0.4 is 0 Å². The van der Waals surface area contributed by atoms with Crippen LogP contribution in [0.4, 0.5) is 0 Å². The maximum absolute atomic E-state index is 14.0. The van der Waals surface area contributed by atoms with Gasteiger partial charge in [0.15, 0.2) is 0 Å². The topological polar surface area (TPSA) is 33.2 Å². The van der Waals surface area contributed by atoms with Gasteiger partial charge in [0.05, 0.1) is 16.2 Å². The Labute approximate surface area is 285 Å². The summed E-state index contributed by atoms with van der Waals surface area (Å²) in [5, 5.41) is 2.67. The van der Waals surface area contributed by atoms with Gasteiger partial charge < -0.3 is 4.90 Å².